The van der Waals surface area contributed by atoms with E-state index >= 15 is 0 Å². The zero-order valence-electron chi connectivity index (χ0n) is 16.2. The summed E-state index contributed by atoms with van der Waals surface area (Å²) in [5, 5.41) is 4.75. The number of carbonyl (C=O) groups excluding carboxylic acids is 1. The van der Waals surface area contributed by atoms with Crippen molar-refractivity contribution in [2.24, 2.45) is 0 Å². The molecule has 0 saturated carbocycles. The summed E-state index contributed by atoms with van der Waals surface area (Å²) >= 11 is 1.19. The van der Waals surface area contributed by atoms with Crippen molar-refractivity contribution in [2.75, 3.05) is 10.0 Å². The molecule has 4 aromatic rings. The normalized spacial score (nSPS) is 11.7. The van der Waals surface area contributed by atoms with Crippen LogP contribution in [0.3, 0.4) is 0 Å². The molecule has 0 spiro atoms. The van der Waals surface area contributed by atoms with Gasteiger partial charge in [0.05, 0.1) is 15.9 Å². The lowest BCUT2D eigenvalue weighted by atomic mass is 10.2. The number of fused-ring (bicyclic) bond motifs is 1. The fraction of sp³-hybridized carbons (Fsp3) is 0.150. The Morgan fingerprint density at radius 3 is 2.57 bits per heavy atom. The monoisotopic (exact) mass is 441 g/mol. The Bertz CT molecular complexity index is 1290. The van der Waals surface area contributed by atoms with Gasteiger partial charge in [0.15, 0.2) is 5.13 Å². The molecule has 0 unspecified atom stereocenters. The number of imidazole rings is 1. The van der Waals surface area contributed by atoms with E-state index in [2.05, 4.69) is 25.0 Å². The number of aromatic amines is 1. The third-order valence-electron chi connectivity index (χ3n) is 4.39. The van der Waals surface area contributed by atoms with Gasteiger partial charge in [-0.2, -0.15) is 0 Å². The fourth-order valence-corrected chi connectivity index (χ4v) is 4.60. The van der Waals surface area contributed by atoms with Gasteiger partial charge in [-0.25, -0.2) is 18.4 Å². The molecule has 30 heavy (non-hydrogen) atoms. The summed E-state index contributed by atoms with van der Waals surface area (Å²) in [6.45, 7) is 4.09. The number of sulfonamides is 1. The molecule has 0 radical (unpaired) electrons. The van der Waals surface area contributed by atoms with Crippen LogP contribution in [0.5, 0.6) is 0 Å². The van der Waals surface area contributed by atoms with Gasteiger partial charge >= 0.3 is 0 Å². The van der Waals surface area contributed by atoms with Crippen LogP contribution in [0.4, 0.5) is 10.8 Å². The molecule has 0 fully saturated rings. The molecule has 0 atom stereocenters. The number of nitrogens with one attached hydrogen (secondary N) is 3. The van der Waals surface area contributed by atoms with Gasteiger partial charge in [-0.15, -0.1) is 11.3 Å². The molecule has 0 aliphatic carbocycles. The summed E-state index contributed by atoms with van der Waals surface area (Å²) in [5.74, 6) is 0.822. The van der Waals surface area contributed by atoms with Gasteiger partial charge in [0, 0.05) is 28.7 Å². The number of anilines is 2. The van der Waals surface area contributed by atoms with Gasteiger partial charge in [0.1, 0.15) is 5.82 Å². The van der Waals surface area contributed by atoms with Crippen molar-refractivity contribution in [2.45, 2.75) is 24.7 Å². The average molecular weight is 442 g/mol. The average Bonchev–Trinajstić information content (AvgIpc) is 3.37. The van der Waals surface area contributed by atoms with E-state index in [0.717, 1.165) is 16.9 Å². The molecule has 10 heteroatoms. The molecule has 0 bridgehead atoms. The Morgan fingerprint density at radius 1 is 1.13 bits per heavy atom. The lowest BCUT2D eigenvalue weighted by Gasteiger charge is -2.08. The van der Waals surface area contributed by atoms with E-state index < -0.39 is 10.0 Å². The molecule has 0 aliphatic rings. The van der Waals surface area contributed by atoms with Crippen molar-refractivity contribution in [3.63, 3.8) is 0 Å². The highest BCUT2D eigenvalue weighted by Gasteiger charge is 2.16. The SMILES string of the molecule is CC(C)c1nc2cc(C(=O)Nc3ccc(S(=O)(=O)Nc4nccs4)cc3)ccc2[nH]1. The van der Waals surface area contributed by atoms with Crippen molar-refractivity contribution >= 4 is 49.1 Å². The quantitative estimate of drug-likeness (QED) is 0.415. The number of rotatable bonds is 6. The Kier molecular flexibility index (Phi) is 5.27. The predicted molar refractivity (Wildman–Crippen MR) is 118 cm³/mol. The number of aromatic nitrogens is 3. The Morgan fingerprint density at radius 2 is 1.90 bits per heavy atom. The van der Waals surface area contributed by atoms with Gasteiger partial charge in [-0.3, -0.25) is 9.52 Å². The maximum absolute atomic E-state index is 12.6. The number of amides is 1. The highest BCUT2D eigenvalue weighted by molar-refractivity contribution is 7.93. The number of carbonyl (C=O) groups is 1. The second-order valence-electron chi connectivity index (χ2n) is 6.93. The Balaban J connectivity index is 1.49. The number of thiazole rings is 1. The van der Waals surface area contributed by atoms with Crippen LogP contribution in [-0.4, -0.2) is 29.3 Å². The lowest BCUT2D eigenvalue weighted by Crippen LogP contribution is -2.14. The second-order valence-corrected chi connectivity index (χ2v) is 9.51. The first-order chi connectivity index (χ1) is 14.3. The lowest BCUT2D eigenvalue weighted by molar-refractivity contribution is 0.102. The standard InChI is InChI=1S/C20H19N5O3S2/c1-12(2)18-23-16-8-3-13(11-17(16)24-18)19(26)22-14-4-6-15(7-5-14)30(27,28)25-20-21-9-10-29-20/h3-12H,1-2H3,(H,21,25)(H,22,26)(H,23,24). The maximum atomic E-state index is 12.6. The predicted octanol–water partition coefficient (Wildman–Crippen LogP) is 4.20. The van der Waals surface area contributed by atoms with E-state index in [-0.39, 0.29) is 16.7 Å². The summed E-state index contributed by atoms with van der Waals surface area (Å²) < 4.78 is 27.2. The smallest absolute Gasteiger partial charge is 0.263 e. The molecule has 4 rings (SSSR count). The number of benzene rings is 2. The third-order valence-corrected chi connectivity index (χ3v) is 6.56. The number of H-pyrrole nitrogens is 1. The van der Waals surface area contributed by atoms with Gasteiger partial charge in [-0.1, -0.05) is 13.8 Å². The van der Waals surface area contributed by atoms with Crippen LogP contribution in [0.1, 0.15) is 35.9 Å². The summed E-state index contributed by atoms with van der Waals surface area (Å²) in [4.78, 5) is 24.4. The zero-order valence-corrected chi connectivity index (χ0v) is 17.8. The number of hydrogen-bond donors (Lipinski definition) is 3. The first kappa shape index (κ1) is 20.0. The minimum atomic E-state index is -3.74. The molecular weight excluding hydrogens is 422 g/mol. The van der Waals surface area contributed by atoms with Crippen molar-refractivity contribution < 1.29 is 13.2 Å². The van der Waals surface area contributed by atoms with Crippen LogP contribution in [0.2, 0.25) is 0 Å². The maximum Gasteiger partial charge on any atom is 0.263 e. The molecule has 3 N–H and O–H groups in total. The van der Waals surface area contributed by atoms with Crippen LogP contribution >= 0.6 is 11.3 Å². The molecule has 0 aliphatic heterocycles. The Hall–Kier alpha value is -3.24. The van der Waals surface area contributed by atoms with Crippen LogP contribution in [0.15, 0.2) is 58.9 Å². The van der Waals surface area contributed by atoms with E-state index in [1.165, 1.54) is 41.8 Å². The first-order valence-corrected chi connectivity index (χ1v) is 11.5. The van der Waals surface area contributed by atoms with Crippen LogP contribution < -0.4 is 10.0 Å². The van der Waals surface area contributed by atoms with E-state index in [1.807, 2.05) is 19.9 Å². The van der Waals surface area contributed by atoms with Crippen LogP contribution in [0, 0.1) is 0 Å². The minimum Gasteiger partial charge on any atom is -0.342 e. The van der Waals surface area contributed by atoms with Crippen LogP contribution in [-0.2, 0) is 10.0 Å². The summed E-state index contributed by atoms with van der Waals surface area (Å²) in [5.41, 5.74) is 2.54. The molecule has 2 aromatic heterocycles. The van der Waals surface area contributed by atoms with Crippen molar-refractivity contribution in [1.29, 1.82) is 0 Å². The van der Waals surface area contributed by atoms with E-state index in [4.69, 9.17) is 0 Å². The molecule has 154 valence electrons. The fourth-order valence-electron chi connectivity index (χ4n) is 2.81. The topological polar surface area (TPSA) is 117 Å². The van der Waals surface area contributed by atoms with E-state index in [9.17, 15) is 13.2 Å². The number of hydrogen-bond acceptors (Lipinski definition) is 6. The van der Waals surface area contributed by atoms with Gasteiger partial charge in [-0.05, 0) is 42.5 Å². The van der Waals surface area contributed by atoms with Gasteiger partial charge in [0.25, 0.3) is 15.9 Å². The van der Waals surface area contributed by atoms with Crippen molar-refractivity contribution in [3.8, 4) is 0 Å². The van der Waals surface area contributed by atoms with E-state index in [1.54, 1.807) is 17.5 Å². The van der Waals surface area contributed by atoms with Gasteiger partial charge < -0.3 is 10.3 Å². The van der Waals surface area contributed by atoms with Crippen molar-refractivity contribution in [1.82, 2.24) is 15.0 Å². The molecular formula is C20H19N5O3S2. The summed E-state index contributed by atoms with van der Waals surface area (Å²) in [6.07, 6.45) is 1.52. The highest BCUT2D eigenvalue weighted by atomic mass is 32.2. The molecule has 0 saturated heterocycles. The first-order valence-electron chi connectivity index (χ1n) is 9.15. The molecule has 2 heterocycles. The summed E-state index contributed by atoms with van der Waals surface area (Å²) in [6, 6.07) is 11.2. The second kappa shape index (κ2) is 7.88. The number of nitrogens with zero attached hydrogens (tertiary/aromatic N) is 2. The van der Waals surface area contributed by atoms with Crippen LogP contribution in [0.25, 0.3) is 11.0 Å². The van der Waals surface area contributed by atoms with E-state index in [0.29, 0.717) is 16.4 Å². The van der Waals surface area contributed by atoms with Crippen molar-refractivity contribution in [3.05, 3.63) is 65.4 Å². The Labute approximate surface area is 177 Å². The zero-order chi connectivity index (χ0) is 21.3. The minimum absolute atomic E-state index is 0.0786. The largest absolute Gasteiger partial charge is 0.342 e. The molecule has 2 aromatic carbocycles. The third kappa shape index (κ3) is 4.19. The van der Waals surface area contributed by atoms with Gasteiger partial charge in [0.2, 0.25) is 0 Å². The summed E-state index contributed by atoms with van der Waals surface area (Å²) in [7, 11) is -3.74. The highest BCUT2D eigenvalue weighted by Crippen LogP contribution is 2.21. The molecule has 1 amide bonds. The molecule has 8 nitrogen and oxygen atoms in total.